The first-order valence-corrected chi connectivity index (χ1v) is 5.82. The molecule has 18 heavy (non-hydrogen) atoms. The Kier molecular flexibility index (Phi) is 4.78. The Bertz CT molecular complexity index is 473. The SMILES string of the molecule is C[C@H](Br)C(=O)NNC(=O)c1ccc([N+](=O)[O-])cc1. The predicted octanol–water partition coefficient (Wildman–Crippen LogP) is 1.14. The van der Waals surface area contributed by atoms with Gasteiger partial charge in [0.2, 0.25) is 0 Å². The van der Waals surface area contributed by atoms with E-state index in [1.54, 1.807) is 6.92 Å². The van der Waals surface area contributed by atoms with Crippen LogP contribution in [0.4, 0.5) is 5.69 Å². The van der Waals surface area contributed by atoms with E-state index < -0.39 is 21.6 Å². The molecule has 2 N–H and O–H groups in total. The Labute approximate surface area is 111 Å². The van der Waals surface area contributed by atoms with E-state index in [0.717, 1.165) is 0 Å². The number of amides is 2. The van der Waals surface area contributed by atoms with Gasteiger partial charge in [0, 0.05) is 17.7 Å². The first kappa shape index (κ1) is 14.1. The number of carbonyl (C=O) groups excluding carboxylic acids is 2. The number of nitro benzene ring substituents is 1. The van der Waals surface area contributed by atoms with Crippen LogP contribution in [-0.2, 0) is 4.79 Å². The van der Waals surface area contributed by atoms with Crippen molar-refractivity contribution in [3.8, 4) is 0 Å². The molecule has 0 aliphatic carbocycles. The second-order valence-corrected chi connectivity index (χ2v) is 4.74. The number of hydrazine groups is 1. The number of rotatable bonds is 3. The summed E-state index contributed by atoms with van der Waals surface area (Å²) in [6.07, 6.45) is 0. The van der Waals surface area contributed by atoms with Crippen LogP contribution in [-0.4, -0.2) is 21.6 Å². The Balaban J connectivity index is 2.62. The molecular formula is C10H10BrN3O4. The molecule has 0 radical (unpaired) electrons. The van der Waals surface area contributed by atoms with E-state index >= 15 is 0 Å². The number of non-ortho nitro benzene ring substituents is 1. The van der Waals surface area contributed by atoms with Crippen LogP contribution in [0.2, 0.25) is 0 Å². The van der Waals surface area contributed by atoms with Gasteiger partial charge in [-0.25, -0.2) is 0 Å². The van der Waals surface area contributed by atoms with Crippen LogP contribution in [0.1, 0.15) is 17.3 Å². The summed E-state index contributed by atoms with van der Waals surface area (Å²) in [6.45, 7) is 1.60. The Morgan fingerprint density at radius 2 is 1.83 bits per heavy atom. The summed E-state index contributed by atoms with van der Waals surface area (Å²) in [5.41, 5.74) is 4.49. The molecule has 0 aliphatic heterocycles. The average molecular weight is 316 g/mol. The van der Waals surface area contributed by atoms with Crippen LogP contribution < -0.4 is 10.9 Å². The van der Waals surface area contributed by atoms with Crippen molar-refractivity contribution in [3.63, 3.8) is 0 Å². The van der Waals surface area contributed by atoms with Gasteiger partial charge in [-0.05, 0) is 19.1 Å². The lowest BCUT2D eigenvalue weighted by molar-refractivity contribution is -0.384. The van der Waals surface area contributed by atoms with Gasteiger partial charge >= 0.3 is 0 Å². The third-order valence-corrected chi connectivity index (χ3v) is 2.42. The van der Waals surface area contributed by atoms with Crippen molar-refractivity contribution < 1.29 is 14.5 Å². The summed E-state index contributed by atoms with van der Waals surface area (Å²) in [5, 5.41) is 10.4. The summed E-state index contributed by atoms with van der Waals surface area (Å²) < 4.78 is 0. The van der Waals surface area contributed by atoms with Crippen molar-refractivity contribution in [1.29, 1.82) is 0 Å². The molecule has 1 atom stereocenters. The predicted molar refractivity (Wildman–Crippen MR) is 67.1 cm³/mol. The topological polar surface area (TPSA) is 101 Å². The normalized spacial score (nSPS) is 11.4. The maximum absolute atomic E-state index is 11.5. The van der Waals surface area contributed by atoms with Crippen molar-refractivity contribution in [2.45, 2.75) is 11.8 Å². The first-order valence-electron chi connectivity index (χ1n) is 4.90. The van der Waals surface area contributed by atoms with Crippen molar-refractivity contribution in [2.24, 2.45) is 0 Å². The number of hydrogen-bond acceptors (Lipinski definition) is 4. The number of carbonyl (C=O) groups is 2. The van der Waals surface area contributed by atoms with Gasteiger partial charge in [0.1, 0.15) is 0 Å². The lowest BCUT2D eigenvalue weighted by Gasteiger charge is -2.08. The number of nitrogens with one attached hydrogen (secondary N) is 2. The van der Waals surface area contributed by atoms with Gasteiger partial charge in [-0.3, -0.25) is 30.6 Å². The molecular weight excluding hydrogens is 306 g/mol. The molecule has 0 saturated carbocycles. The van der Waals surface area contributed by atoms with E-state index in [1.165, 1.54) is 24.3 Å². The monoisotopic (exact) mass is 315 g/mol. The lowest BCUT2D eigenvalue weighted by atomic mass is 10.2. The molecule has 0 spiro atoms. The quantitative estimate of drug-likeness (QED) is 0.496. The molecule has 1 rings (SSSR count). The second kappa shape index (κ2) is 6.10. The molecule has 1 aromatic rings. The molecule has 7 nitrogen and oxygen atoms in total. The molecule has 1 aromatic carbocycles. The molecule has 96 valence electrons. The fraction of sp³-hybridized carbons (Fsp3) is 0.200. The Morgan fingerprint density at radius 1 is 1.28 bits per heavy atom. The van der Waals surface area contributed by atoms with Gasteiger partial charge in [0.15, 0.2) is 0 Å². The highest BCUT2D eigenvalue weighted by Gasteiger charge is 2.12. The highest BCUT2D eigenvalue weighted by Crippen LogP contribution is 2.11. The highest BCUT2D eigenvalue weighted by atomic mass is 79.9. The molecule has 0 unspecified atom stereocenters. The molecule has 0 heterocycles. The third-order valence-electron chi connectivity index (χ3n) is 2.00. The smallest absolute Gasteiger partial charge is 0.269 e. The summed E-state index contributed by atoms with van der Waals surface area (Å²) in [6, 6.07) is 5.03. The largest absolute Gasteiger partial charge is 0.272 e. The van der Waals surface area contributed by atoms with Gasteiger partial charge in [-0.15, -0.1) is 0 Å². The zero-order valence-electron chi connectivity index (χ0n) is 9.34. The summed E-state index contributed by atoms with van der Waals surface area (Å²) >= 11 is 3.03. The Morgan fingerprint density at radius 3 is 2.28 bits per heavy atom. The zero-order chi connectivity index (χ0) is 13.7. The van der Waals surface area contributed by atoms with Gasteiger partial charge in [0.05, 0.1) is 9.75 Å². The third kappa shape index (κ3) is 3.81. The van der Waals surface area contributed by atoms with Crippen LogP contribution >= 0.6 is 15.9 Å². The van der Waals surface area contributed by atoms with Gasteiger partial charge in [0.25, 0.3) is 17.5 Å². The standard InChI is InChI=1S/C10H10BrN3O4/c1-6(11)9(15)12-13-10(16)7-2-4-8(5-3-7)14(17)18/h2-6H,1H3,(H,12,15)(H,13,16)/t6-/m0/s1. The number of halogens is 1. The molecule has 0 bridgehead atoms. The summed E-state index contributed by atoms with van der Waals surface area (Å²) in [7, 11) is 0. The fourth-order valence-corrected chi connectivity index (χ4v) is 1.14. The van der Waals surface area contributed by atoms with Crippen molar-refractivity contribution in [3.05, 3.63) is 39.9 Å². The zero-order valence-corrected chi connectivity index (χ0v) is 10.9. The minimum Gasteiger partial charge on any atom is -0.272 e. The van der Waals surface area contributed by atoms with Crippen LogP contribution in [0.5, 0.6) is 0 Å². The van der Waals surface area contributed by atoms with Crippen LogP contribution in [0.3, 0.4) is 0 Å². The second-order valence-electron chi connectivity index (χ2n) is 3.36. The van der Waals surface area contributed by atoms with E-state index in [4.69, 9.17) is 0 Å². The maximum atomic E-state index is 11.5. The highest BCUT2D eigenvalue weighted by molar-refractivity contribution is 9.10. The van der Waals surface area contributed by atoms with Crippen molar-refractivity contribution in [1.82, 2.24) is 10.9 Å². The van der Waals surface area contributed by atoms with Crippen molar-refractivity contribution in [2.75, 3.05) is 0 Å². The average Bonchev–Trinajstić information content (AvgIpc) is 2.35. The van der Waals surface area contributed by atoms with E-state index in [2.05, 4.69) is 26.8 Å². The fourth-order valence-electron chi connectivity index (χ4n) is 1.02. The molecule has 0 aromatic heterocycles. The lowest BCUT2D eigenvalue weighted by Crippen LogP contribution is -2.44. The minimum atomic E-state index is -0.560. The van der Waals surface area contributed by atoms with E-state index in [-0.39, 0.29) is 11.3 Å². The molecule has 0 saturated heterocycles. The van der Waals surface area contributed by atoms with E-state index in [9.17, 15) is 19.7 Å². The maximum Gasteiger partial charge on any atom is 0.269 e. The van der Waals surface area contributed by atoms with Crippen LogP contribution in [0.15, 0.2) is 24.3 Å². The van der Waals surface area contributed by atoms with E-state index in [1.807, 2.05) is 0 Å². The summed E-state index contributed by atoms with van der Waals surface area (Å²) in [4.78, 5) is 32.1. The number of benzene rings is 1. The minimum absolute atomic E-state index is 0.107. The molecule has 8 heteroatoms. The first-order chi connectivity index (χ1) is 8.41. The Hall–Kier alpha value is -1.96. The number of nitro groups is 1. The van der Waals surface area contributed by atoms with Crippen molar-refractivity contribution >= 4 is 33.4 Å². The van der Waals surface area contributed by atoms with Crippen LogP contribution in [0, 0.1) is 10.1 Å². The molecule has 0 aliphatic rings. The van der Waals surface area contributed by atoms with E-state index in [0.29, 0.717) is 0 Å². The summed E-state index contributed by atoms with van der Waals surface area (Å²) in [5.74, 6) is -0.948. The van der Waals surface area contributed by atoms with Gasteiger partial charge in [-0.2, -0.15) is 0 Å². The molecule has 0 fully saturated rings. The molecule has 2 amide bonds. The number of hydrogen-bond donors (Lipinski definition) is 2. The van der Waals surface area contributed by atoms with Crippen LogP contribution in [0.25, 0.3) is 0 Å². The van der Waals surface area contributed by atoms with Gasteiger partial charge in [-0.1, -0.05) is 15.9 Å². The van der Waals surface area contributed by atoms with Gasteiger partial charge < -0.3 is 0 Å². The number of alkyl halides is 1. The number of nitrogens with zero attached hydrogens (tertiary/aromatic N) is 1.